The number of nitrogens with zero attached hydrogens (tertiary/aromatic N) is 2. The van der Waals surface area contributed by atoms with Gasteiger partial charge in [0.15, 0.2) is 0 Å². The SMILES string of the molecule is CC(C)(C)OC(=O)Nc1ccnn2cccc12. The van der Waals surface area contributed by atoms with Crippen LogP contribution < -0.4 is 5.32 Å². The van der Waals surface area contributed by atoms with Crippen molar-refractivity contribution in [3.05, 3.63) is 30.6 Å². The Kier molecular flexibility index (Phi) is 2.75. The Morgan fingerprint density at radius 3 is 2.88 bits per heavy atom. The van der Waals surface area contributed by atoms with E-state index < -0.39 is 11.7 Å². The van der Waals surface area contributed by atoms with Gasteiger partial charge in [-0.3, -0.25) is 5.32 Å². The number of amides is 1. The zero-order valence-corrected chi connectivity index (χ0v) is 10.1. The lowest BCUT2D eigenvalue weighted by atomic mass is 10.2. The molecule has 2 aromatic heterocycles. The predicted molar refractivity (Wildman–Crippen MR) is 65.0 cm³/mol. The maximum absolute atomic E-state index is 11.6. The molecule has 2 heterocycles. The molecule has 5 heteroatoms. The second-order valence-electron chi connectivity index (χ2n) is 4.71. The lowest BCUT2D eigenvalue weighted by Gasteiger charge is -2.19. The largest absolute Gasteiger partial charge is 0.444 e. The molecule has 2 rings (SSSR count). The van der Waals surface area contributed by atoms with Crippen LogP contribution in [0.15, 0.2) is 30.6 Å². The standard InChI is InChI=1S/C12H15N3O2/c1-12(2,3)17-11(16)14-9-6-7-13-15-8-4-5-10(9)15/h4-8H,1-3H3,(H,14,16). The zero-order valence-electron chi connectivity index (χ0n) is 10.1. The number of hydrogen-bond donors (Lipinski definition) is 1. The molecule has 0 saturated carbocycles. The van der Waals surface area contributed by atoms with E-state index in [1.807, 2.05) is 39.1 Å². The quantitative estimate of drug-likeness (QED) is 0.823. The predicted octanol–water partition coefficient (Wildman–Crippen LogP) is 2.68. The molecule has 0 fully saturated rings. The number of rotatable bonds is 1. The van der Waals surface area contributed by atoms with Gasteiger partial charge in [-0.1, -0.05) is 0 Å². The minimum Gasteiger partial charge on any atom is -0.444 e. The Morgan fingerprint density at radius 1 is 1.41 bits per heavy atom. The van der Waals surface area contributed by atoms with Gasteiger partial charge in [0, 0.05) is 12.4 Å². The van der Waals surface area contributed by atoms with Gasteiger partial charge in [0.25, 0.3) is 0 Å². The lowest BCUT2D eigenvalue weighted by molar-refractivity contribution is 0.0636. The molecule has 0 atom stereocenters. The topological polar surface area (TPSA) is 55.6 Å². The molecule has 0 aliphatic rings. The Balaban J connectivity index is 2.18. The number of carbonyl (C=O) groups is 1. The molecule has 0 saturated heterocycles. The number of ether oxygens (including phenoxy) is 1. The van der Waals surface area contributed by atoms with Gasteiger partial charge < -0.3 is 4.74 Å². The summed E-state index contributed by atoms with van der Waals surface area (Å²) in [7, 11) is 0. The molecule has 2 aromatic rings. The smallest absolute Gasteiger partial charge is 0.412 e. The van der Waals surface area contributed by atoms with Crippen LogP contribution >= 0.6 is 0 Å². The van der Waals surface area contributed by atoms with E-state index in [-0.39, 0.29) is 0 Å². The van der Waals surface area contributed by atoms with E-state index in [9.17, 15) is 4.79 Å². The monoisotopic (exact) mass is 233 g/mol. The first-order chi connectivity index (χ1) is 7.96. The van der Waals surface area contributed by atoms with Gasteiger partial charge in [0.2, 0.25) is 0 Å². The summed E-state index contributed by atoms with van der Waals surface area (Å²) in [6.07, 6.45) is 2.97. The molecule has 0 radical (unpaired) electrons. The Labute approximate surface area is 99.4 Å². The minimum absolute atomic E-state index is 0.466. The van der Waals surface area contributed by atoms with Crippen LogP contribution in [0, 0.1) is 0 Å². The third kappa shape index (κ3) is 2.75. The fourth-order valence-electron chi connectivity index (χ4n) is 1.47. The highest BCUT2D eigenvalue weighted by atomic mass is 16.6. The second kappa shape index (κ2) is 4.08. The molecule has 5 nitrogen and oxygen atoms in total. The highest BCUT2D eigenvalue weighted by molar-refractivity contribution is 5.90. The summed E-state index contributed by atoms with van der Waals surface area (Å²) in [5.74, 6) is 0. The van der Waals surface area contributed by atoms with Gasteiger partial charge in [-0.15, -0.1) is 0 Å². The van der Waals surface area contributed by atoms with Crippen molar-refractivity contribution in [2.45, 2.75) is 26.4 Å². The summed E-state index contributed by atoms with van der Waals surface area (Å²) in [6, 6.07) is 5.47. The number of hydrogen-bond acceptors (Lipinski definition) is 3. The molecule has 17 heavy (non-hydrogen) atoms. The summed E-state index contributed by atoms with van der Waals surface area (Å²) < 4.78 is 6.87. The molecule has 0 aliphatic heterocycles. The van der Waals surface area contributed by atoms with Crippen LogP contribution in [0.2, 0.25) is 0 Å². The van der Waals surface area contributed by atoms with Crippen LogP contribution in [0.25, 0.3) is 5.52 Å². The van der Waals surface area contributed by atoms with Gasteiger partial charge in [0.05, 0.1) is 11.2 Å². The van der Waals surface area contributed by atoms with Crippen molar-refractivity contribution in [1.82, 2.24) is 9.61 Å². The highest BCUT2D eigenvalue weighted by Crippen LogP contribution is 2.17. The van der Waals surface area contributed by atoms with E-state index in [0.717, 1.165) is 5.52 Å². The van der Waals surface area contributed by atoms with E-state index in [1.165, 1.54) is 0 Å². The molecule has 1 N–H and O–H groups in total. The second-order valence-corrected chi connectivity index (χ2v) is 4.71. The van der Waals surface area contributed by atoms with E-state index >= 15 is 0 Å². The van der Waals surface area contributed by atoms with E-state index in [0.29, 0.717) is 5.69 Å². The van der Waals surface area contributed by atoms with Crippen LogP contribution in [0.4, 0.5) is 10.5 Å². The van der Waals surface area contributed by atoms with Crippen molar-refractivity contribution in [2.75, 3.05) is 5.32 Å². The Hall–Kier alpha value is -2.04. The van der Waals surface area contributed by atoms with Gasteiger partial charge in [-0.05, 0) is 39.0 Å². The van der Waals surface area contributed by atoms with Crippen molar-refractivity contribution < 1.29 is 9.53 Å². The number of carbonyl (C=O) groups excluding carboxylic acids is 1. The number of anilines is 1. The fourth-order valence-corrected chi connectivity index (χ4v) is 1.47. The summed E-state index contributed by atoms with van der Waals surface area (Å²) in [4.78, 5) is 11.6. The third-order valence-corrected chi connectivity index (χ3v) is 2.07. The Morgan fingerprint density at radius 2 is 2.18 bits per heavy atom. The van der Waals surface area contributed by atoms with Gasteiger partial charge in [0.1, 0.15) is 5.60 Å². The normalized spacial score (nSPS) is 11.5. The van der Waals surface area contributed by atoms with E-state index in [1.54, 1.807) is 16.8 Å². The van der Waals surface area contributed by atoms with E-state index in [4.69, 9.17) is 4.74 Å². The van der Waals surface area contributed by atoms with Crippen molar-refractivity contribution in [3.8, 4) is 0 Å². The molecule has 0 aliphatic carbocycles. The molecule has 0 unspecified atom stereocenters. The summed E-state index contributed by atoms with van der Waals surface area (Å²) in [5.41, 5.74) is 1.01. The van der Waals surface area contributed by atoms with Crippen molar-refractivity contribution in [1.29, 1.82) is 0 Å². The molecular formula is C12H15N3O2. The fraction of sp³-hybridized carbons (Fsp3) is 0.333. The van der Waals surface area contributed by atoms with Crippen molar-refractivity contribution >= 4 is 17.3 Å². The zero-order chi connectivity index (χ0) is 12.5. The molecule has 90 valence electrons. The van der Waals surface area contributed by atoms with Crippen LogP contribution in [0.1, 0.15) is 20.8 Å². The van der Waals surface area contributed by atoms with E-state index in [2.05, 4.69) is 10.4 Å². The van der Waals surface area contributed by atoms with Crippen LogP contribution in [0.3, 0.4) is 0 Å². The van der Waals surface area contributed by atoms with Gasteiger partial charge in [-0.2, -0.15) is 5.10 Å². The summed E-state index contributed by atoms with van der Waals surface area (Å²) >= 11 is 0. The van der Waals surface area contributed by atoms with Gasteiger partial charge >= 0.3 is 6.09 Å². The maximum atomic E-state index is 11.6. The van der Waals surface area contributed by atoms with Crippen molar-refractivity contribution in [3.63, 3.8) is 0 Å². The first kappa shape index (κ1) is 11.4. The Bertz CT molecular complexity index is 540. The highest BCUT2D eigenvalue weighted by Gasteiger charge is 2.16. The maximum Gasteiger partial charge on any atom is 0.412 e. The average Bonchev–Trinajstić information content (AvgIpc) is 2.63. The van der Waals surface area contributed by atoms with Crippen molar-refractivity contribution in [2.24, 2.45) is 0 Å². The molecule has 0 bridgehead atoms. The molecular weight excluding hydrogens is 218 g/mol. The average molecular weight is 233 g/mol. The lowest BCUT2D eigenvalue weighted by Crippen LogP contribution is -2.27. The molecule has 0 spiro atoms. The minimum atomic E-state index is -0.505. The first-order valence-electron chi connectivity index (χ1n) is 5.38. The summed E-state index contributed by atoms with van der Waals surface area (Å²) in [5, 5.41) is 6.81. The van der Waals surface area contributed by atoms with Crippen LogP contribution in [0.5, 0.6) is 0 Å². The van der Waals surface area contributed by atoms with Crippen LogP contribution in [-0.2, 0) is 4.74 Å². The third-order valence-electron chi connectivity index (χ3n) is 2.07. The van der Waals surface area contributed by atoms with Crippen LogP contribution in [-0.4, -0.2) is 21.3 Å². The molecule has 1 amide bonds. The number of nitrogens with one attached hydrogen (secondary N) is 1. The first-order valence-corrected chi connectivity index (χ1v) is 5.38. The number of fused-ring (bicyclic) bond motifs is 1. The van der Waals surface area contributed by atoms with Gasteiger partial charge in [-0.25, -0.2) is 9.31 Å². The summed E-state index contributed by atoms with van der Waals surface area (Å²) in [6.45, 7) is 5.48. The number of aromatic nitrogens is 2. The molecule has 0 aromatic carbocycles.